The highest BCUT2D eigenvalue weighted by molar-refractivity contribution is 6.01. The molecule has 7 heteroatoms. The summed E-state index contributed by atoms with van der Waals surface area (Å²) in [6, 6.07) is 14.7. The van der Waals surface area contributed by atoms with Crippen LogP contribution in [-0.2, 0) is 11.2 Å². The Bertz CT molecular complexity index is 1210. The normalized spacial score (nSPS) is 12.1. The molecular weight excluding hydrogens is 380 g/mol. The van der Waals surface area contributed by atoms with Crippen molar-refractivity contribution in [1.82, 2.24) is 20.6 Å². The van der Waals surface area contributed by atoms with E-state index in [-0.39, 0.29) is 11.8 Å². The molecular formula is C23H24N4O3. The first-order chi connectivity index (χ1) is 14.6. The van der Waals surface area contributed by atoms with Crippen molar-refractivity contribution in [1.29, 1.82) is 0 Å². The largest absolute Gasteiger partial charge is 0.496 e. The number of rotatable bonds is 7. The molecule has 0 aliphatic rings. The third-order valence-electron chi connectivity index (χ3n) is 5.20. The van der Waals surface area contributed by atoms with Crippen molar-refractivity contribution in [2.24, 2.45) is 0 Å². The van der Waals surface area contributed by atoms with Gasteiger partial charge in [-0.15, -0.1) is 0 Å². The predicted molar refractivity (Wildman–Crippen MR) is 117 cm³/mol. The summed E-state index contributed by atoms with van der Waals surface area (Å²) in [5.41, 5.74) is 3.41. The number of aromatic amines is 2. The lowest BCUT2D eigenvalue weighted by Gasteiger charge is -2.13. The van der Waals surface area contributed by atoms with E-state index in [1.165, 1.54) is 0 Å². The molecule has 154 valence electrons. The molecule has 0 spiro atoms. The summed E-state index contributed by atoms with van der Waals surface area (Å²) in [5, 5.41) is 7.60. The third-order valence-corrected chi connectivity index (χ3v) is 5.20. The number of hydrogen-bond donors (Lipinski definition) is 4. The summed E-state index contributed by atoms with van der Waals surface area (Å²) < 4.78 is 5.32. The van der Waals surface area contributed by atoms with E-state index in [0.717, 1.165) is 27.4 Å². The fourth-order valence-electron chi connectivity index (χ4n) is 3.58. The predicted octanol–water partition coefficient (Wildman–Crippen LogP) is 3.14. The van der Waals surface area contributed by atoms with Crippen LogP contribution in [0.4, 0.5) is 0 Å². The highest BCUT2D eigenvalue weighted by Crippen LogP contribution is 2.26. The van der Waals surface area contributed by atoms with E-state index in [9.17, 15) is 9.59 Å². The first-order valence-corrected chi connectivity index (χ1v) is 9.86. The zero-order valence-electron chi connectivity index (χ0n) is 16.9. The zero-order chi connectivity index (χ0) is 21.1. The van der Waals surface area contributed by atoms with Crippen LogP contribution in [0.3, 0.4) is 0 Å². The van der Waals surface area contributed by atoms with Gasteiger partial charge in [-0.25, -0.2) is 0 Å². The number of ether oxygens (including phenoxy) is 1. The molecule has 0 unspecified atom stereocenters. The monoisotopic (exact) mass is 404 g/mol. The van der Waals surface area contributed by atoms with Gasteiger partial charge in [-0.2, -0.15) is 0 Å². The number of hydrogen-bond acceptors (Lipinski definition) is 3. The Kier molecular flexibility index (Phi) is 5.43. The molecule has 0 fully saturated rings. The van der Waals surface area contributed by atoms with E-state index in [0.29, 0.717) is 24.4 Å². The van der Waals surface area contributed by atoms with Crippen molar-refractivity contribution >= 4 is 33.6 Å². The molecule has 0 saturated heterocycles. The maximum absolute atomic E-state index is 12.6. The van der Waals surface area contributed by atoms with Gasteiger partial charge in [-0.3, -0.25) is 9.59 Å². The number of para-hydroxylation sites is 1. The van der Waals surface area contributed by atoms with Crippen molar-refractivity contribution in [3.8, 4) is 5.75 Å². The average molecular weight is 404 g/mol. The Labute approximate surface area is 173 Å². The van der Waals surface area contributed by atoms with Crippen LogP contribution in [0.5, 0.6) is 5.75 Å². The molecule has 7 nitrogen and oxygen atoms in total. The molecule has 4 N–H and O–H groups in total. The summed E-state index contributed by atoms with van der Waals surface area (Å²) in [6.07, 6.45) is 2.67. The lowest BCUT2D eigenvalue weighted by molar-refractivity contribution is -0.122. The molecule has 2 amide bonds. The van der Waals surface area contributed by atoms with Gasteiger partial charge in [0.25, 0.3) is 5.91 Å². The Balaban J connectivity index is 1.33. The number of amides is 2. The van der Waals surface area contributed by atoms with E-state index in [2.05, 4.69) is 26.7 Å². The van der Waals surface area contributed by atoms with Crippen LogP contribution < -0.4 is 15.4 Å². The second-order valence-corrected chi connectivity index (χ2v) is 7.20. The minimum absolute atomic E-state index is 0.225. The second-order valence-electron chi connectivity index (χ2n) is 7.20. The maximum atomic E-state index is 12.6. The van der Waals surface area contributed by atoms with Crippen molar-refractivity contribution < 1.29 is 14.3 Å². The van der Waals surface area contributed by atoms with Crippen LogP contribution >= 0.6 is 0 Å². The van der Waals surface area contributed by atoms with Crippen molar-refractivity contribution in [3.63, 3.8) is 0 Å². The van der Waals surface area contributed by atoms with Crippen LogP contribution in [0, 0.1) is 0 Å². The molecule has 2 heterocycles. The molecule has 4 aromatic rings. The minimum Gasteiger partial charge on any atom is -0.496 e. The van der Waals surface area contributed by atoms with Gasteiger partial charge in [-0.1, -0.05) is 24.3 Å². The van der Waals surface area contributed by atoms with Gasteiger partial charge >= 0.3 is 0 Å². The average Bonchev–Trinajstić information content (AvgIpc) is 3.38. The van der Waals surface area contributed by atoms with Gasteiger partial charge in [0.15, 0.2) is 0 Å². The Morgan fingerprint density at radius 1 is 1.07 bits per heavy atom. The molecule has 0 aliphatic carbocycles. The first-order valence-electron chi connectivity index (χ1n) is 9.86. The summed E-state index contributed by atoms with van der Waals surface area (Å²) >= 11 is 0. The van der Waals surface area contributed by atoms with Crippen LogP contribution in [0.1, 0.15) is 23.0 Å². The van der Waals surface area contributed by atoms with Gasteiger partial charge in [0.1, 0.15) is 17.5 Å². The number of fused-ring (bicyclic) bond motifs is 2. The first kappa shape index (κ1) is 19.6. The van der Waals surface area contributed by atoms with E-state index >= 15 is 0 Å². The van der Waals surface area contributed by atoms with E-state index in [4.69, 9.17) is 4.74 Å². The number of H-pyrrole nitrogens is 2. The van der Waals surface area contributed by atoms with Gasteiger partial charge in [0.05, 0.1) is 7.11 Å². The number of aromatic nitrogens is 2. The Morgan fingerprint density at radius 3 is 2.70 bits per heavy atom. The molecule has 2 aromatic heterocycles. The van der Waals surface area contributed by atoms with Crippen molar-refractivity contribution in [3.05, 3.63) is 66.0 Å². The van der Waals surface area contributed by atoms with Crippen molar-refractivity contribution in [2.45, 2.75) is 19.4 Å². The van der Waals surface area contributed by atoms with E-state index in [1.54, 1.807) is 20.1 Å². The standard InChI is InChI=1S/C23H24N4O3/c1-14(22(28)24-11-10-15-13-25-18-7-4-3-6-16(15)18)26-23(29)20-12-17-19(27-20)8-5-9-21(17)30-2/h3-9,12-14,25,27H,10-11H2,1-2H3,(H,24,28)(H,26,29)/t14-/m0/s1. The molecule has 0 bridgehead atoms. The topological polar surface area (TPSA) is 99.0 Å². The molecule has 4 rings (SSSR count). The molecule has 0 aliphatic heterocycles. The smallest absolute Gasteiger partial charge is 0.268 e. The quantitative estimate of drug-likeness (QED) is 0.381. The molecule has 2 aromatic carbocycles. The molecule has 0 saturated carbocycles. The van der Waals surface area contributed by atoms with Crippen LogP contribution in [0.2, 0.25) is 0 Å². The van der Waals surface area contributed by atoms with Gasteiger partial charge in [-0.05, 0) is 43.2 Å². The molecule has 0 radical (unpaired) electrons. The molecule has 30 heavy (non-hydrogen) atoms. The van der Waals surface area contributed by atoms with Gasteiger partial charge < -0.3 is 25.3 Å². The Hall–Kier alpha value is -3.74. The minimum atomic E-state index is -0.659. The summed E-state index contributed by atoms with van der Waals surface area (Å²) in [7, 11) is 1.59. The number of nitrogens with one attached hydrogen (secondary N) is 4. The number of methoxy groups -OCH3 is 1. The number of carbonyl (C=O) groups excluding carboxylic acids is 2. The zero-order valence-corrected chi connectivity index (χ0v) is 16.9. The highest BCUT2D eigenvalue weighted by atomic mass is 16.5. The Morgan fingerprint density at radius 2 is 1.87 bits per heavy atom. The number of benzene rings is 2. The molecule has 1 atom stereocenters. The second kappa shape index (κ2) is 8.32. The van der Waals surface area contributed by atoms with Crippen molar-refractivity contribution in [2.75, 3.05) is 13.7 Å². The van der Waals surface area contributed by atoms with Crippen LogP contribution in [0.15, 0.2) is 54.7 Å². The van der Waals surface area contributed by atoms with E-state index in [1.807, 2.05) is 42.6 Å². The third kappa shape index (κ3) is 3.87. The van der Waals surface area contributed by atoms with Crippen LogP contribution in [-0.4, -0.2) is 41.5 Å². The highest BCUT2D eigenvalue weighted by Gasteiger charge is 2.18. The fraction of sp³-hybridized carbons (Fsp3) is 0.217. The summed E-state index contributed by atoms with van der Waals surface area (Å²) in [5.74, 6) is 0.121. The summed E-state index contributed by atoms with van der Waals surface area (Å²) in [4.78, 5) is 31.3. The maximum Gasteiger partial charge on any atom is 0.268 e. The number of carbonyl (C=O) groups is 2. The van der Waals surface area contributed by atoms with E-state index < -0.39 is 6.04 Å². The summed E-state index contributed by atoms with van der Waals surface area (Å²) in [6.45, 7) is 2.16. The fourth-order valence-corrected chi connectivity index (χ4v) is 3.58. The van der Waals surface area contributed by atoms with Crippen LogP contribution in [0.25, 0.3) is 21.8 Å². The SMILES string of the molecule is COc1cccc2[nH]c(C(=O)N[C@@H](C)C(=O)NCCc3c[nH]c4ccccc34)cc12. The lowest BCUT2D eigenvalue weighted by Crippen LogP contribution is -2.45. The lowest BCUT2D eigenvalue weighted by atomic mass is 10.1. The van der Waals surface area contributed by atoms with Gasteiger partial charge in [0.2, 0.25) is 5.91 Å². The van der Waals surface area contributed by atoms with Gasteiger partial charge in [0, 0.05) is 34.5 Å².